The predicted octanol–water partition coefficient (Wildman–Crippen LogP) is 3.24. The van der Waals surface area contributed by atoms with E-state index in [9.17, 15) is 18.4 Å². The van der Waals surface area contributed by atoms with Gasteiger partial charge in [-0.05, 0) is 49.1 Å². The topological polar surface area (TPSA) is 64.0 Å². The van der Waals surface area contributed by atoms with E-state index < -0.39 is 23.2 Å². The van der Waals surface area contributed by atoms with Gasteiger partial charge in [-0.25, -0.2) is 13.5 Å². The highest BCUT2D eigenvalue weighted by molar-refractivity contribution is 5.92. The van der Waals surface area contributed by atoms with Crippen molar-refractivity contribution in [2.45, 2.75) is 25.8 Å². The van der Waals surface area contributed by atoms with Crippen LogP contribution in [0.3, 0.4) is 0 Å². The zero-order chi connectivity index (χ0) is 19.8. The lowest BCUT2D eigenvalue weighted by Gasteiger charge is -2.15. The first-order valence-electron chi connectivity index (χ1n) is 8.89. The van der Waals surface area contributed by atoms with Crippen LogP contribution in [0.4, 0.5) is 8.78 Å². The van der Waals surface area contributed by atoms with Gasteiger partial charge in [-0.2, -0.15) is 5.10 Å². The predicted molar refractivity (Wildman–Crippen MR) is 99.5 cm³/mol. The third-order valence-electron chi connectivity index (χ3n) is 4.92. The van der Waals surface area contributed by atoms with Crippen LogP contribution in [0, 0.1) is 18.6 Å². The average Bonchev–Trinajstić information content (AvgIpc) is 3.07. The lowest BCUT2D eigenvalue weighted by Crippen LogP contribution is -2.34. The number of carbonyl (C=O) groups excluding carboxylic acids is 1. The second kappa shape index (κ2) is 6.99. The number of halogens is 2. The molecule has 3 aromatic rings. The number of carbonyl (C=O) groups is 1. The van der Waals surface area contributed by atoms with E-state index in [-0.39, 0.29) is 17.2 Å². The van der Waals surface area contributed by atoms with E-state index in [2.05, 4.69) is 10.4 Å². The summed E-state index contributed by atoms with van der Waals surface area (Å²) in [4.78, 5) is 25.1. The van der Waals surface area contributed by atoms with Gasteiger partial charge in [0.05, 0.1) is 6.04 Å². The van der Waals surface area contributed by atoms with E-state index in [1.54, 1.807) is 31.2 Å². The third kappa shape index (κ3) is 3.09. The highest BCUT2D eigenvalue weighted by atomic mass is 19.1. The summed E-state index contributed by atoms with van der Waals surface area (Å²) >= 11 is 0. The number of amides is 1. The number of hydrogen-bond donors (Lipinski definition) is 1. The fourth-order valence-corrected chi connectivity index (χ4v) is 3.56. The highest BCUT2D eigenvalue weighted by Crippen LogP contribution is 2.32. The van der Waals surface area contributed by atoms with Gasteiger partial charge in [-0.3, -0.25) is 9.59 Å². The summed E-state index contributed by atoms with van der Waals surface area (Å²) < 4.78 is 29.3. The van der Waals surface area contributed by atoms with E-state index in [4.69, 9.17) is 0 Å². The monoisotopic (exact) mass is 381 g/mol. The van der Waals surface area contributed by atoms with E-state index >= 15 is 0 Å². The van der Waals surface area contributed by atoms with Gasteiger partial charge in [-0.1, -0.05) is 24.3 Å². The second-order valence-electron chi connectivity index (χ2n) is 6.73. The molecule has 1 atom stereocenters. The molecule has 2 aromatic carbocycles. The molecule has 1 aliphatic carbocycles. The molecule has 0 fully saturated rings. The van der Waals surface area contributed by atoms with Gasteiger partial charge in [0.25, 0.3) is 5.91 Å². The van der Waals surface area contributed by atoms with Crippen LogP contribution in [0.25, 0.3) is 5.69 Å². The molecule has 0 radical (unpaired) electrons. The lowest BCUT2D eigenvalue weighted by molar-refractivity contribution is 0.0928. The molecule has 1 amide bonds. The molecule has 1 aliphatic rings. The number of nitrogens with one attached hydrogen (secondary N) is 1. The minimum absolute atomic E-state index is 0.141. The fraction of sp³-hybridized carbons (Fsp3) is 0.190. The number of benzene rings is 2. The first-order chi connectivity index (χ1) is 13.5. The molecule has 7 heteroatoms. The molecule has 0 saturated carbocycles. The minimum Gasteiger partial charge on any atom is -0.344 e. The molecule has 0 spiro atoms. The molecule has 4 rings (SSSR count). The first kappa shape index (κ1) is 18.0. The zero-order valence-electron chi connectivity index (χ0n) is 15.1. The van der Waals surface area contributed by atoms with Crippen LogP contribution < -0.4 is 10.7 Å². The van der Waals surface area contributed by atoms with Crippen LogP contribution in [-0.4, -0.2) is 15.7 Å². The summed E-state index contributed by atoms with van der Waals surface area (Å²) in [5.41, 5.74) is 0.935. The van der Waals surface area contributed by atoms with E-state index in [0.29, 0.717) is 29.7 Å². The summed E-state index contributed by atoms with van der Waals surface area (Å²) in [5, 5.41) is 6.85. The number of nitrogens with zero attached hydrogens (tertiary/aromatic N) is 2. The Kier molecular flexibility index (Phi) is 4.50. The SMILES string of the molecule is Cc1cc(=O)c(C(=O)NC2CCc3c(F)cccc32)nn1-c1ccccc1F. The molecule has 1 aromatic heterocycles. The number of hydrogen-bond acceptors (Lipinski definition) is 3. The Morgan fingerprint density at radius 2 is 1.89 bits per heavy atom. The molecule has 1 heterocycles. The Morgan fingerprint density at radius 3 is 2.68 bits per heavy atom. The van der Waals surface area contributed by atoms with Gasteiger partial charge in [-0.15, -0.1) is 0 Å². The largest absolute Gasteiger partial charge is 0.344 e. The van der Waals surface area contributed by atoms with Gasteiger partial charge in [0.1, 0.15) is 17.3 Å². The molecule has 0 bridgehead atoms. The Bertz CT molecular complexity index is 1140. The van der Waals surface area contributed by atoms with Crippen molar-refractivity contribution in [2.24, 2.45) is 0 Å². The number of fused-ring (bicyclic) bond motifs is 1. The van der Waals surface area contributed by atoms with Gasteiger partial charge < -0.3 is 5.32 Å². The Balaban J connectivity index is 1.68. The summed E-state index contributed by atoms with van der Waals surface area (Å²) in [5.74, 6) is -1.49. The molecule has 28 heavy (non-hydrogen) atoms. The van der Waals surface area contributed by atoms with Crippen molar-refractivity contribution in [3.05, 3.63) is 92.9 Å². The molecule has 1 unspecified atom stereocenters. The van der Waals surface area contributed by atoms with Crippen molar-refractivity contribution in [1.29, 1.82) is 0 Å². The van der Waals surface area contributed by atoms with E-state index in [1.165, 1.54) is 28.9 Å². The standard InChI is InChI=1S/C21H17F2N3O2/c1-12-11-19(27)20(25-26(12)18-8-3-2-6-16(18)23)21(28)24-17-10-9-13-14(17)5-4-7-15(13)22/h2-8,11,17H,9-10H2,1H3,(H,24,28). The summed E-state index contributed by atoms with van der Waals surface area (Å²) in [7, 11) is 0. The maximum absolute atomic E-state index is 14.1. The zero-order valence-corrected chi connectivity index (χ0v) is 15.1. The highest BCUT2D eigenvalue weighted by Gasteiger charge is 2.28. The summed E-state index contributed by atoms with van der Waals surface area (Å²) in [6.45, 7) is 1.61. The van der Waals surface area contributed by atoms with Gasteiger partial charge in [0.2, 0.25) is 5.43 Å². The van der Waals surface area contributed by atoms with Gasteiger partial charge in [0, 0.05) is 11.8 Å². The third-order valence-corrected chi connectivity index (χ3v) is 4.92. The molecule has 1 N–H and O–H groups in total. The number of rotatable bonds is 3. The molecular weight excluding hydrogens is 364 g/mol. The Hall–Kier alpha value is -3.35. The second-order valence-corrected chi connectivity index (χ2v) is 6.73. The van der Waals surface area contributed by atoms with Crippen LogP contribution in [0.5, 0.6) is 0 Å². The minimum atomic E-state index is -0.669. The van der Waals surface area contributed by atoms with Crippen LogP contribution in [0.1, 0.15) is 39.8 Å². The van der Waals surface area contributed by atoms with Gasteiger partial charge in [0.15, 0.2) is 5.69 Å². The molecule has 0 saturated heterocycles. The molecule has 142 valence electrons. The number of aryl methyl sites for hydroxylation is 1. The maximum atomic E-state index is 14.1. The van der Waals surface area contributed by atoms with Crippen LogP contribution in [0.15, 0.2) is 53.3 Å². The normalized spacial score (nSPS) is 15.3. The Labute approximate surface area is 159 Å². The molecule has 5 nitrogen and oxygen atoms in total. The molecule has 0 aliphatic heterocycles. The summed E-state index contributed by atoms with van der Waals surface area (Å²) in [6, 6.07) is 11.6. The first-order valence-corrected chi connectivity index (χ1v) is 8.89. The van der Waals surface area contributed by atoms with Crippen molar-refractivity contribution in [1.82, 2.24) is 15.1 Å². The van der Waals surface area contributed by atoms with E-state index in [1.807, 2.05) is 0 Å². The van der Waals surface area contributed by atoms with Crippen LogP contribution in [-0.2, 0) is 6.42 Å². The van der Waals surface area contributed by atoms with Crippen molar-refractivity contribution < 1.29 is 13.6 Å². The van der Waals surface area contributed by atoms with Crippen molar-refractivity contribution in [3.8, 4) is 5.69 Å². The molecular formula is C21H17F2N3O2. The Morgan fingerprint density at radius 1 is 1.14 bits per heavy atom. The van der Waals surface area contributed by atoms with Gasteiger partial charge >= 0.3 is 0 Å². The van der Waals surface area contributed by atoms with Crippen LogP contribution >= 0.6 is 0 Å². The maximum Gasteiger partial charge on any atom is 0.276 e. The number of aromatic nitrogens is 2. The summed E-state index contributed by atoms with van der Waals surface area (Å²) in [6.07, 6.45) is 1.04. The quantitative estimate of drug-likeness (QED) is 0.758. The number of para-hydroxylation sites is 1. The van der Waals surface area contributed by atoms with Crippen molar-refractivity contribution in [2.75, 3.05) is 0 Å². The van der Waals surface area contributed by atoms with Crippen LogP contribution in [0.2, 0.25) is 0 Å². The fourth-order valence-electron chi connectivity index (χ4n) is 3.56. The van der Waals surface area contributed by atoms with Crippen molar-refractivity contribution in [3.63, 3.8) is 0 Å². The van der Waals surface area contributed by atoms with Crippen molar-refractivity contribution >= 4 is 5.91 Å². The average molecular weight is 381 g/mol. The lowest BCUT2D eigenvalue weighted by atomic mass is 10.1. The van der Waals surface area contributed by atoms with E-state index in [0.717, 1.165) is 0 Å². The smallest absolute Gasteiger partial charge is 0.276 e.